The topological polar surface area (TPSA) is 43.9 Å². The number of likely N-dealkylation sites (N-methyl/N-ethyl adjacent to an activating group) is 1. The van der Waals surface area contributed by atoms with Crippen molar-refractivity contribution in [1.82, 2.24) is 14.7 Å². The quantitative estimate of drug-likeness (QED) is 0.688. The van der Waals surface area contributed by atoms with E-state index in [-0.39, 0.29) is 11.8 Å². The lowest BCUT2D eigenvalue weighted by atomic mass is 10.2. The Bertz CT molecular complexity index is 312. The number of amides is 2. The molecular formula is C15H29N3O2. The summed E-state index contributed by atoms with van der Waals surface area (Å²) in [6.07, 6.45) is 2.89. The molecule has 116 valence electrons. The normalized spacial score (nSPS) is 16.2. The van der Waals surface area contributed by atoms with Gasteiger partial charge in [0.05, 0.1) is 0 Å². The van der Waals surface area contributed by atoms with Gasteiger partial charge in [-0.15, -0.1) is 0 Å². The van der Waals surface area contributed by atoms with Crippen LogP contribution in [0.2, 0.25) is 0 Å². The fourth-order valence-electron chi connectivity index (χ4n) is 2.47. The zero-order valence-electron chi connectivity index (χ0n) is 13.2. The van der Waals surface area contributed by atoms with Gasteiger partial charge in [-0.05, 0) is 19.4 Å². The highest BCUT2D eigenvalue weighted by Crippen LogP contribution is 2.05. The van der Waals surface area contributed by atoms with Crippen LogP contribution in [0.5, 0.6) is 0 Å². The van der Waals surface area contributed by atoms with Gasteiger partial charge in [0.25, 0.3) is 0 Å². The lowest BCUT2D eigenvalue weighted by molar-refractivity contribution is -0.152. The largest absolute Gasteiger partial charge is 0.334 e. The number of carbonyl (C=O) groups excluding carboxylic acids is 2. The molecule has 0 bridgehead atoms. The Kier molecular flexibility index (Phi) is 7.59. The lowest BCUT2D eigenvalue weighted by Crippen LogP contribution is -2.53. The van der Waals surface area contributed by atoms with Crippen LogP contribution in [-0.2, 0) is 9.59 Å². The van der Waals surface area contributed by atoms with Gasteiger partial charge in [-0.25, -0.2) is 0 Å². The highest BCUT2D eigenvalue weighted by molar-refractivity contribution is 6.34. The summed E-state index contributed by atoms with van der Waals surface area (Å²) in [7, 11) is 0. The average Bonchev–Trinajstić information content (AvgIpc) is 2.50. The van der Waals surface area contributed by atoms with Crippen LogP contribution in [0.25, 0.3) is 0 Å². The van der Waals surface area contributed by atoms with Crippen molar-refractivity contribution in [2.75, 3.05) is 45.8 Å². The number of piperazine rings is 1. The van der Waals surface area contributed by atoms with Crippen LogP contribution >= 0.6 is 0 Å². The van der Waals surface area contributed by atoms with Crippen molar-refractivity contribution >= 4 is 11.8 Å². The molecule has 1 aliphatic heterocycles. The van der Waals surface area contributed by atoms with Crippen molar-refractivity contribution in [2.45, 2.75) is 40.0 Å². The lowest BCUT2D eigenvalue weighted by Gasteiger charge is -2.34. The van der Waals surface area contributed by atoms with Crippen molar-refractivity contribution in [3.05, 3.63) is 0 Å². The van der Waals surface area contributed by atoms with E-state index >= 15 is 0 Å². The van der Waals surface area contributed by atoms with Crippen molar-refractivity contribution in [3.8, 4) is 0 Å². The number of hydrogen-bond acceptors (Lipinski definition) is 3. The zero-order valence-corrected chi connectivity index (χ0v) is 13.2. The molecule has 1 heterocycles. The molecule has 0 N–H and O–H groups in total. The summed E-state index contributed by atoms with van der Waals surface area (Å²) in [6.45, 7) is 11.7. The highest BCUT2D eigenvalue weighted by atomic mass is 16.2. The second-order valence-electron chi connectivity index (χ2n) is 5.37. The molecule has 0 unspecified atom stereocenters. The molecule has 0 saturated carbocycles. The van der Waals surface area contributed by atoms with E-state index < -0.39 is 0 Å². The first-order chi connectivity index (χ1) is 9.63. The van der Waals surface area contributed by atoms with E-state index in [1.165, 1.54) is 0 Å². The van der Waals surface area contributed by atoms with Gasteiger partial charge in [0, 0.05) is 39.3 Å². The van der Waals surface area contributed by atoms with E-state index in [2.05, 4.69) is 18.7 Å². The Morgan fingerprint density at radius 2 is 1.60 bits per heavy atom. The van der Waals surface area contributed by atoms with Crippen molar-refractivity contribution in [2.24, 2.45) is 0 Å². The van der Waals surface area contributed by atoms with Crippen molar-refractivity contribution in [3.63, 3.8) is 0 Å². The van der Waals surface area contributed by atoms with E-state index in [0.717, 1.165) is 38.9 Å². The molecule has 0 radical (unpaired) electrons. The Morgan fingerprint density at radius 3 is 2.10 bits per heavy atom. The molecule has 0 aromatic carbocycles. The Labute approximate surface area is 122 Å². The van der Waals surface area contributed by atoms with E-state index in [0.29, 0.717) is 26.2 Å². The Morgan fingerprint density at radius 1 is 0.950 bits per heavy atom. The summed E-state index contributed by atoms with van der Waals surface area (Å²) in [5.74, 6) is -0.629. The van der Waals surface area contributed by atoms with Gasteiger partial charge in [-0.3, -0.25) is 9.59 Å². The number of unbranched alkanes of at least 4 members (excludes halogenated alkanes) is 1. The van der Waals surface area contributed by atoms with Crippen LogP contribution in [0.4, 0.5) is 0 Å². The molecule has 5 nitrogen and oxygen atoms in total. The summed E-state index contributed by atoms with van der Waals surface area (Å²) >= 11 is 0. The molecule has 0 aromatic heterocycles. The van der Waals surface area contributed by atoms with E-state index in [1.54, 1.807) is 9.80 Å². The molecule has 5 heteroatoms. The molecule has 1 saturated heterocycles. The zero-order chi connectivity index (χ0) is 15.0. The molecule has 1 rings (SSSR count). The first kappa shape index (κ1) is 17.0. The minimum atomic E-state index is -0.315. The maximum absolute atomic E-state index is 12.3. The third-order valence-electron chi connectivity index (χ3n) is 3.85. The van der Waals surface area contributed by atoms with Crippen LogP contribution in [-0.4, -0.2) is 72.3 Å². The third-order valence-corrected chi connectivity index (χ3v) is 3.85. The summed E-state index contributed by atoms with van der Waals surface area (Å²) < 4.78 is 0. The average molecular weight is 283 g/mol. The van der Waals surface area contributed by atoms with Crippen molar-refractivity contribution < 1.29 is 9.59 Å². The number of hydrogen-bond donors (Lipinski definition) is 0. The molecule has 20 heavy (non-hydrogen) atoms. The molecule has 1 fully saturated rings. The van der Waals surface area contributed by atoms with Gasteiger partial charge in [-0.1, -0.05) is 27.2 Å². The highest BCUT2D eigenvalue weighted by Gasteiger charge is 2.28. The van der Waals surface area contributed by atoms with Crippen LogP contribution < -0.4 is 0 Å². The summed E-state index contributed by atoms with van der Waals surface area (Å²) in [5, 5.41) is 0. The molecule has 0 spiro atoms. The van der Waals surface area contributed by atoms with Crippen LogP contribution in [0.1, 0.15) is 40.0 Å². The first-order valence-corrected chi connectivity index (χ1v) is 7.94. The molecule has 0 atom stereocenters. The first-order valence-electron chi connectivity index (χ1n) is 7.94. The summed E-state index contributed by atoms with van der Waals surface area (Å²) in [4.78, 5) is 30.3. The Hall–Kier alpha value is -1.10. The minimum Gasteiger partial charge on any atom is -0.334 e. The summed E-state index contributed by atoms with van der Waals surface area (Å²) in [5.41, 5.74) is 0. The van der Waals surface area contributed by atoms with Gasteiger partial charge < -0.3 is 14.7 Å². The van der Waals surface area contributed by atoms with Crippen molar-refractivity contribution in [1.29, 1.82) is 0 Å². The minimum absolute atomic E-state index is 0.315. The second-order valence-corrected chi connectivity index (χ2v) is 5.37. The van der Waals surface area contributed by atoms with Gasteiger partial charge in [0.1, 0.15) is 0 Å². The second kappa shape index (κ2) is 8.95. The third kappa shape index (κ3) is 4.78. The van der Waals surface area contributed by atoms with E-state index in [1.807, 2.05) is 6.92 Å². The van der Waals surface area contributed by atoms with Crippen LogP contribution in [0.15, 0.2) is 0 Å². The van der Waals surface area contributed by atoms with Gasteiger partial charge in [0.15, 0.2) is 0 Å². The Balaban J connectivity index is 2.53. The predicted octanol–water partition coefficient (Wildman–Crippen LogP) is 1.19. The van der Waals surface area contributed by atoms with Gasteiger partial charge >= 0.3 is 11.8 Å². The monoisotopic (exact) mass is 283 g/mol. The fraction of sp³-hybridized carbons (Fsp3) is 0.867. The number of rotatable bonds is 6. The van der Waals surface area contributed by atoms with Gasteiger partial charge in [0.2, 0.25) is 0 Å². The molecule has 0 aliphatic carbocycles. The molecule has 0 aromatic rings. The molecule has 1 aliphatic rings. The number of nitrogens with zero attached hydrogens (tertiary/aromatic N) is 3. The van der Waals surface area contributed by atoms with E-state index in [4.69, 9.17) is 0 Å². The SMILES string of the molecule is CCCCN(CCC)C(=O)C(=O)N1CCN(CC)CC1. The molecule has 2 amide bonds. The smallest absolute Gasteiger partial charge is 0.312 e. The van der Waals surface area contributed by atoms with Gasteiger partial charge in [-0.2, -0.15) is 0 Å². The summed E-state index contributed by atoms with van der Waals surface area (Å²) in [6, 6.07) is 0. The standard InChI is InChI=1S/C15H29N3O2/c1-4-7-9-17(8-5-2)14(19)15(20)18-12-10-16(6-3)11-13-18/h4-13H2,1-3H3. The molecular weight excluding hydrogens is 254 g/mol. The van der Waals surface area contributed by atoms with Crippen LogP contribution in [0, 0.1) is 0 Å². The fourth-order valence-corrected chi connectivity index (χ4v) is 2.47. The maximum Gasteiger partial charge on any atom is 0.312 e. The van der Waals surface area contributed by atoms with Crippen LogP contribution in [0.3, 0.4) is 0 Å². The maximum atomic E-state index is 12.3. The van der Waals surface area contributed by atoms with E-state index in [9.17, 15) is 9.59 Å². The number of carbonyl (C=O) groups is 2. The predicted molar refractivity (Wildman–Crippen MR) is 80.5 cm³/mol.